The third kappa shape index (κ3) is 3.68. The Kier molecular flexibility index (Phi) is 4.80. The molecule has 2 rings (SSSR count). The smallest absolute Gasteiger partial charge is 0.141 e. The highest BCUT2D eigenvalue weighted by Gasteiger charge is 2.23. The summed E-state index contributed by atoms with van der Waals surface area (Å²) in [6.07, 6.45) is 10.3. The molecule has 1 saturated carbocycles. The number of rotatable bonds is 4. The maximum atomic E-state index is 13.0. The van der Waals surface area contributed by atoms with E-state index in [2.05, 4.69) is 16.6 Å². The Labute approximate surface area is 106 Å². The van der Waals surface area contributed by atoms with Crippen molar-refractivity contribution in [1.29, 1.82) is 0 Å². The van der Waals surface area contributed by atoms with Gasteiger partial charge in [-0.1, -0.05) is 12.8 Å². The quantitative estimate of drug-likeness (QED) is 0.894. The molecule has 0 aromatic carbocycles. The largest absolute Gasteiger partial charge is 0.309 e. The fourth-order valence-electron chi connectivity index (χ4n) is 2.41. The molecule has 1 N–H and O–H groups in total. The van der Waals surface area contributed by atoms with E-state index in [4.69, 9.17) is 0 Å². The van der Waals surface area contributed by atoms with Crippen LogP contribution in [-0.2, 0) is 6.54 Å². The van der Waals surface area contributed by atoms with E-state index in [0.29, 0.717) is 17.8 Å². The summed E-state index contributed by atoms with van der Waals surface area (Å²) in [6, 6.07) is 2.11. The fraction of sp³-hybridized carbons (Fsp3) is 0.615. The van der Waals surface area contributed by atoms with Gasteiger partial charge >= 0.3 is 0 Å². The second-order valence-electron chi connectivity index (χ2n) is 4.56. The molecule has 1 aromatic rings. The van der Waals surface area contributed by atoms with Crippen molar-refractivity contribution in [3.05, 3.63) is 29.8 Å². The predicted octanol–water partition coefficient (Wildman–Crippen LogP) is 2.98. The van der Waals surface area contributed by atoms with Gasteiger partial charge in [-0.05, 0) is 30.7 Å². The van der Waals surface area contributed by atoms with Gasteiger partial charge in [-0.2, -0.15) is 11.8 Å². The number of halogens is 1. The van der Waals surface area contributed by atoms with E-state index in [9.17, 15) is 4.39 Å². The minimum atomic E-state index is -0.255. The van der Waals surface area contributed by atoms with Crippen LogP contribution in [0.15, 0.2) is 18.5 Å². The molecule has 0 spiro atoms. The summed E-state index contributed by atoms with van der Waals surface area (Å²) >= 11 is 1.94. The Bertz CT molecular complexity index is 359. The summed E-state index contributed by atoms with van der Waals surface area (Å²) < 4.78 is 13.0. The minimum absolute atomic E-state index is 0.255. The molecule has 0 aliphatic heterocycles. The van der Waals surface area contributed by atoms with Gasteiger partial charge in [0.1, 0.15) is 5.82 Å². The summed E-state index contributed by atoms with van der Waals surface area (Å²) in [7, 11) is 0. The molecule has 2 nitrogen and oxygen atoms in total. The number of thioether (sulfide) groups is 1. The van der Waals surface area contributed by atoms with E-state index in [1.165, 1.54) is 31.9 Å². The monoisotopic (exact) mass is 254 g/mol. The van der Waals surface area contributed by atoms with Crippen LogP contribution in [0.25, 0.3) is 0 Å². The second-order valence-corrected chi connectivity index (χ2v) is 5.63. The van der Waals surface area contributed by atoms with E-state index in [0.717, 1.165) is 5.56 Å². The predicted molar refractivity (Wildman–Crippen MR) is 70.6 cm³/mol. The zero-order valence-electron chi connectivity index (χ0n) is 10.2. The first-order chi connectivity index (χ1) is 8.29. The number of nitrogens with zero attached hydrogens (tertiary/aromatic N) is 1. The molecule has 0 radical (unpaired) electrons. The third-order valence-electron chi connectivity index (χ3n) is 3.34. The summed E-state index contributed by atoms with van der Waals surface area (Å²) in [6.45, 7) is 0.715. The van der Waals surface area contributed by atoms with Gasteiger partial charge in [0, 0.05) is 24.0 Å². The first-order valence-corrected chi connectivity index (χ1v) is 7.44. The van der Waals surface area contributed by atoms with Crippen LogP contribution in [0.2, 0.25) is 0 Å². The van der Waals surface area contributed by atoms with E-state index < -0.39 is 0 Å². The lowest BCUT2D eigenvalue weighted by molar-refractivity contribution is 0.382. The molecule has 1 aliphatic carbocycles. The van der Waals surface area contributed by atoms with E-state index in [1.54, 1.807) is 12.3 Å². The van der Waals surface area contributed by atoms with Crippen molar-refractivity contribution in [2.45, 2.75) is 43.5 Å². The van der Waals surface area contributed by atoms with Crippen molar-refractivity contribution in [1.82, 2.24) is 10.3 Å². The molecule has 1 heterocycles. The van der Waals surface area contributed by atoms with Crippen LogP contribution in [0.4, 0.5) is 4.39 Å². The number of hydrogen-bond donors (Lipinski definition) is 1. The minimum Gasteiger partial charge on any atom is -0.309 e. The molecule has 0 saturated heterocycles. The van der Waals surface area contributed by atoms with Crippen molar-refractivity contribution in [2.24, 2.45) is 0 Å². The molecule has 1 fully saturated rings. The van der Waals surface area contributed by atoms with Crippen LogP contribution < -0.4 is 5.32 Å². The van der Waals surface area contributed by atoms with Crippen LogP contribution in [-0.4, -0.2) is 22.5 Å². The number of pyridine rings is 1. The zero-order valence-corrected chi connectivity index (χ0v) is 11.0. The summed E-state index contributed by atoms with van der Waals surface area (Å²) in [5.74, 6) is -0.255. The molecular weight excluding hydrogens is 235 g/mol. The first kappa shape index (κ1) is 12.8. The SMILES string of the molecule is CSC1CCCCC1NCc1cncc(F)c1. The lowest BCUT2D eigenvalue weighted by Crippen LogP contribution is -2.39. The van der Waals surface area contributed by atoms with Crippen LogP contribution in [0, 0.1) is 5.82 Å². The van der Waals surface area contributed by atoms with Crippen LogP contribution in [0.1, 0.15) is 31.2 Å². The lowest BCUT2D eigenvalue weighted by atomic mass is 9.94. The fourth-order valence-corrected chi connectivity index (χ4v) is 3.38. The van der Waals surface area contributed by atoms with Crippen LogP contribution >= 0.6 is 11.8 Å². The highest BCUT2D eigenvalue weighted by atomic mass is 32.2. The first-order valence-electron chi connectivity index (χ1n) is 6.15. The Balaban J connectivity index is 1.88. The third-order valence-corrected chi connectivity index (χ3v) is 4.50. The number of aromatic nitrogens is 1. The van der Waals surface area contributed by atoms with Gasteiger partial charge in [-0.15, -0.1) is 0 Å². The molecule has 94 valence electrons. The van der Waals surface area contributed by atoms with Gasteiger partial charge in [-0.3, -0.25) is 4.98 Å². The molecule has 2 atom stereocenters. The lowest BCUT2D eigenvalue weighted by Gasteiger charge is -2.31. The van der Waals surface area contributed by atoms with Gasteiger partial charge in [0.15, 0.2) is 0 Å². The van der Waals surface area contributed by atoms with Gasteiger partial charge in [-0.25, -0.2) is 4.39 Å². The van der Waals surface area contributed by atoms with Crippen molar-refractivity contribution >= 4 is 11.8 Å². The molecule has 1 aromatic heterocycles. The highest BCUT2D eigenvalue weighted by molar-refractivity contribution is 7.99. The van der Waals surface area contributed by atoms with E-state index in [1.807, 2.05) is 11.8 Å². The van der Waals surface area contributed by atoms with Crippen molar-refractivity contribution < 1.29 is 4.39 Å². The van der Waals surface area contributed by atoms with E-state index in [-0.39, 0.29) is 5.82 Å². The van der Waals surface area contributed by atoms with Gasteiger partial charge in [0.05, 0.1) is 6.20 Å². The molecule has 0 amide bonds. The average molecular weight is 254 g/mol. The molecule has 0 bridgehead atoms. The summed E-state index contributed by atoms with van der Waals surface area (Å²) in [4.78, 5) is 3.87. The molecular formula is C13H19FN2S. The summed E-state index contributed by atoms with van der Waals surface area (Å²) in [5.41, 5.74) is 0.926. The molecule has 17 heavy (non-hydrogen) atoms. The van der Waals surface area contributed by atoms with Crippen molar-refractivity contribution in [3.8, 4) is 0 Å². The number of nitrogens with one attached hydrogen (secondary N) is 1. The normalized spacial score (nSPS) is 24.8. The molecule has 2 unspecified atom stereocenters. The Morgan fingerprint density at radius 2 is 2.24 bits per heavy atom. The van der Waals surface area contributed by atoms with Gasteiger partial charge < -0.3 is 5.32 Å². The number of hydrogen-bond acceptors (Lipinski definition) is 3. The maximum Gasteiger partial charge on any atom is 0.141 e. The average Bonchev–Trinajstić information content (AvgIpc) is 2.37. The highest BCUT2D eigenvalue weighted by Crippen LogP contribution is 2.27. The van der Waals surface area contributed by atoms with Gasteiger partial charge in [0.2, 0.25) is 0 Å². The summed E-state index contributed by atoms with van der Waals surface area (Å²) in [5, 5.41) is 4.24. The van der Waals surface area contributed by atoms with Crippen LogP contribution in [0.3, 0.4) is 0 Å². The topological polar surface area (TPSA) is 24.9 Å². The Morgan fingerprint density at radius 3 is 3.00 bits per heavy atom. The maximum absolute atomic E-state index is 13.0. The Morgan fingerprint density at radius 1 is 1.41 bits per heavy atom. The molecule has 1 aliphatic rings. The van der Waals surface area contributed by atoms with E-state index >= 15 is 0 Å². The van der Waals surface area contributed by atoms with Crippen LogP contribution in [0.5, 0.6) is 0 Å². The Hall–Kier alpha value is -0.610. The van der Waals surface area contributed by atoms with Crippen molar-refractivity contribution in [3.63, 3.8) is 0 Å². The molecule has 4 heteroatoms. The van der Waals surface area contributed by atoms with Crippen molar-refractivity contribution in [2.75, 3.05) is 6.26 Å². The zero-order chi connectivity index (χ0) is 12.1. The standard InChI is InChI=1S/C13H19FN2S/c1-17-13-5-3-2-4-12(13)16-8-10-6-11(14)9-15-7-10/h6-7,9,12-13,16H,2-5,8H2,1H3. The van der Waals surface area contributed by atoms with Gasteiger partial charge in [0.25, 0.3) is 0 Å². The second kappa shape index (κ2) is 6.36.